The van der Waals surface area contributed by atoms with Crippen LogP contribution < -0.4 is 0 Å². The summed E-state index contributed by atoms with van der Waals surface area (Å²) in [6.07, 6.45) is 3.48. The molecule has 11 heavy (non-hydrogen) atoms. The lowest BCUT2D eigenvalue weighted by molar-refractivity contribution is -0.0335. The average Bonchev–Trinajstić information content (AvgIpc) is 1.98. The van der Waals surface area contributed by atoms with Crippen LogP contribution in [0.2, 0.25) is 0 Å². The van der Waals surface area contributed by atoms with Gasteiger partial charge in [-0.25, -0.2) is 0 Å². The predicted molar refractivity (Wildman–Crippen MR) is 56.0 cm³/mol. The number of aliphatic hydroxyl groups is 1. The van der Waals surface area contributed by atoms with Crippen molar-refractivity contribution in [1.29, 1.82) is 0 Å². The first-order chi connectivity index (χ1) is 5.08. The molecular formula is C9H17IO. The summed E-state index contributed by atoms with van der Waals surface area (Å²) >= 11 is 2.30. The van der Waals surface area contributed by atoms with E-state index in [1.54, 1.807) is 0 Å². The van der Waals surface area contributed by atoms with Gasteiger partial charge in [-0.05, 0) is 24.7 Å². The van der Waals surface area contributed by atoms with E-state index in [0.717, 1.165) is 10.8 Å². The van der Waals surface area contributed by atoms with Crippen molar-refractivity contribution in [3.63, 3.8) is 0 Å². The fourth-order valence-corrected chi connectivity index (χ4v) is 2.96. The molecule has 1 saturated carbocycles. The van der Waals surface area contributed by atoms with E-state index in [1.165, 1.54) is 12.8 Å². The maximum absolute atomic E-state index is 10.1. The smallest absolute Gasteiger partial charge is 0.0764 e. The van der Waals surface area contributed by atoms with Gasteiger partial charge in [-0.15, -0.1) is 0 Å². The normalized spacial score (nSPS) is 45.8. The van der Waals surface area contributed by atoms with Crippen LogP contribution in [0, 0.1) is 11.8 Å². The van der Waals surface area contributed by atoms with Crippen LogP contribution in [0.15, 0.2) is 0 Å². The van der Waals surface area contributed by atoms with Gasteiger partial charge in [0.1, 0.15) is 0 Å². The number of hydrogen-bond acceptors (Lipinski definition) is 1. The molecule has 1 fully saturated rings. The zero-order valence-corrected chi connectivity index (χ0v) is 9.47. The van der Waals surface area contributed by atoms with Crippen LogP contribution in [0.25, 0.3) is 0 Å². The van der Waals surface area contributed by atoms with Crippen molar-refractivity contribution in [3.05, 3.63) is 0 Å². The van der Waals surface area contributed by atoms with Crippen molar-refractivity contribution in [2.24, 2.45) is 11.8 Å². The summed E-state index contributed by atoms with van der Waals surface area (Å²) in [4.78, 5) is 0. The largest absolute Gasteiger partial charge is 0.389 e. The van der Waals surface area contributed by atoms with E-state index >= 15 is 0 Å². The molecule has 1 rings (SSSR count). The van der Waals surface area contributed by atoms with Gasteiger partial charge >= 0.3 is 0 Å². The number of alkyl halides is 1. The molecule has 0 bridgehead atoms. The molecule has 1 aliphatic carbocycles. The topological polar surface area (TPSA) is 20.2 Å². The molecule has 0 spiro atoms. The van der Waals surface area contributed by atoms with Crippen LogP contribution in [0.1, 0.15) is 33.1 Å². The van der Waals surface area contributed by atoms with Crippen LogP contribution in [-0.2, 0) is 0 Å². The minimum atomic E-state index is -0.363. The second kappa shape index (κ2) is 3.60. The quantitative estimate of drug-likeness (QED) is 0.572. The number of hydrogen-bond donors (Lipinski definition) is 1. The third-order valence-electron chi connectivity index (χ3n) is 2.94. The first-order valence-corrected chi connectivity index (χ1v) is 5.89. The molecule has 3 atom stereocenters. The summed E-state index contributed by atoms with van der Waals surface area (Å²) in [6, 6.07) is 0. The Bertz CT molecular complexity index is 138. The molecule has 1 N–H and O–H groups in total. The standard InChI is InChI=1S/C9H17IO/c1-7-3-4-8(2)9(11,5-7)6-10/h7-8,11H,3-6H2,1-2H3. The van der Waals surface area contributed by atoms with E-state index in [-0.39, 0.29) is 5.60 Å². The van der Waals surface area contributed by atoms with E-state index in [1.807, 2.05) is 0 Å². The number of rotatable bonds is 1. The highest BCUT2D eigenvalue weighted by atomic mass is 127. The third kappa shape index (κ3) is 2.08. The number of halogens is 1. The predicted octanol–water partition coefficient (Wildman–Crippen LogP) is 2.61. The van der Waals surface area contributed by atoms with E-state index in [2.05, 4.69) is 36.4 Å². The molecule has 0 aromatic carbocycles. The summed E-state index contributed by atoms with van der Waals surface area (Å²) in [5.74, 6) is 1.21. The molecule has 1 nitrogen and oxygen atoms in total. The summed E-state index contributed by atoms with van der Waals surface area (Å²) in [5, 5.41) is 10.1. The minimum absolute atomic E-state index is 0.363. The second-order valence-corrected chi connectivity index (χ2v) is 4.79. The fraction of sp³-hybridized carbons (Fsp3) is 1.00. The van der Waals surface area contributed by atoms with Crippen molar-refractivity contribution in [2.45, 2.75) is 38.7 Å². The lowest BCUT2D eigenvalue weighted by Crippen LogP contribution is -2.43. The molecular weight excluding hydrogens is 251 g/mol. The molecule has 0 saturated heterocycles. The van der Waals surface area contributed by atoms with Crippen LogP contribution in [0.3, 0.4) is 0 Å². The van der Waals surface area contributed by atoms with Gasteiger partial charge in [0, 0.05) is 4.43 Å². The Hall–Kier alpha value is 0.690. The minimum Gasteiger partial charge on any atom is -0.389 e. The molecule has 66 valence electrons. The Morgan fingerprint density at radius 2 is 2.09 bits per heavy atom. The first kappa shape index (κ1) is 9.78. The highest BCUT2D eigenvalue weighted by Crippen LogP contribution is 2.37. The Morgan fingerprint density at radius 3 is 2.55 bits per heavy atom. The summed E-state index contributed by atoms with van der Waals surface area (Å²) < 4.78 is 0.885. The SMILES string of the molecule is CC1CCC(C)C(O)(CI)C1. The van der Waals surface area contributed by atoms with Gasteiger partial charge in [0.25, 0.3) is 0 Å². The first-order valence-electron chi connectivity index (χ1n) is 4.37. The van der Waals surface area contributed by atoms with Gasteiger partial charge in [0.15, 0.2) is 0 Å². The molecule has 0 radical (unpaired) electrons. The fourth-order valence-electron chi connectivity index (χ4n) is 1.90. The molecule has 0 amide bonds. The lowest BCUT2D eigenvalue weighted by atomic mass is 9.73. The summed E-state index contributed by atoms with van der Waals surface area (Å²) in [7, 11) is 0. The Kier molecular flexibility index (Phi) is 3.20. The van der Waals surface area contributed by atoms with Crippen LogP contribution in [0.5, 0.6) is 0 Å². The van der Waals surface area contributed by atoms with E-state index in [4.69, 9.17) is 0 Å². The Labute approximate surface area is 82.7 Å². The van der Waals surface area contributed by atoms with Crippen molar-refractivity contribution in [1.82, 2.24) is 0 Å². The second-order valence-electron chi connectivity index (χ2n) is 4.02. The third-order valence-corrected chi connectivity index (χ3v) is 4.26. The molecule has 0 aliphatic heterocycles. The zero-order valence-electron chi connectivity index (χ0n) is 7.31. The van der Waals surface area contributed by atoms with Gasteiger partial charge in [0.05, 0.1) is 5.60 Å². The molecule has 0 aromatic rings. The Morgan fingerprint density at radius 1 is 1.45 bits per heavy atom. The molecule has 0 heterocycles. The zero-order chi connectivity index (χ0) is 8.48. The molecule has 0 aromatic heterocycles. The van der Waals surface area contributed by atoms with Crippen molar-refractivity contribution in [2.75, 3.05) is 4.43 Å². The van der Waals surface area contributed by atoms with Gasteiger partial charge in [-0.3, -0.25) is 0 Å². The maximum Gasteiger partial charge on any atom is 0.0764 e. The van der Waals surface area contributed by atoms with Gasteiger partial charge < -0.3 is 5.11 Å². The van der Waals surface area contributed by atoms with Crippen LogP contribution in [-0.4, -0.2) is 15.1 Å². The summed E-state index contributed by atoms with van der Waals surface area (Å²) in [5.41, 5.74) is -0.363. The summed E-state index contributed by atoms with van der Waals surface area (Å²) in [6.45, 7) is 4.41. The van der Waals surface area contributed by atoms with Crippen LogP contribution in [0.4, 0.5) is 0 Å². The monoisotopic (exact) mass is 268 g/mol. The average molecular weight is 268 g/mol. The van der Waals surface area contributed by atoms with E-state index in [0.29, 0.717) is 11.8 Å². The van der Waals surface area contributed by atoms with E-state index < -0.39 is 0 Å². The molecule has 1 aliphatic rings. The lowest BCUT2D eigenvalue weighted by Gasteiger charge is -2.39. The molecule has 2 heteroatoms. The van der Waals surface area contributed by atoms with Gasteiger partial charge in [-0.1, -0.05) is 42.9 Å². The van der Waals surface area contributed by atoms with E-state index in [9.17, 15) is 5.11 Å². The van der Waals surface area contributed by atoms with Gasteiger partial charge in [0.2, 0.25) is 0 Å². The van der Waals surface area contributed by atoms with Crippen molar-refractivity contribution < 1.29 is 5.11 Å². The molecule has 3 unspecified atom stereocenters. The maximum atomic E-state index is 10.1. The van der Waals surface area contributed by atoms with Crippen molar-refractivity contribution in [3.8, 4) is 0 Å². The Balaban J connectivity index is 2.60. The van der Waals surface area contributed by atoms with Gasteiger partial charge in [-0.2, -0.15) is 0 Å². The highest BCUT2D eigenvalue weighted by molar-refractivity contribution is 14.1. The highest BCUT2D eigenvalue weighted by Gasteiger charge is 2.37. The van der Waals surface area contributed by atoms with Crippen molar-refractivity contribution >= 4 is 22.6 Å². The van der Waals surface area contributed by atoms with Crippen LogP contribution >= 0.6 is 22.6 Å².